The molecule has 1 aliphatic heterocycles. The van der Waals surface area contributed by atoms with Gasteiger partial charge in [-0.3, -0.25) is 14.7 Å². The number of aliphatic carboxylic acids is 1. The van der Waals surface area contributed by atoms with Crippen LogP contribution in [0.1, 0.15) is 53.1 Å². The number of rotatable bonds is 7. The molecule has 1 atom stereocenters. The van der Waals surface area contributed by atoms with Crippen LogP contribution in [0.2, 0.25) is 0 Å². The monoisotopic (exact) mass is 488 g/mol. The minimum Gasteiger partial charge on any atom is -0.492 e. The van der Waals surface area contributed by atoms with Gasteiger partial charge in [-0.05, 0) is 67.6 Å². The van der Waals surface area contributed by atoms with Crippen LogP contribution < -0.4 is 15.8 Å². The summed E-state index contributed by atoms with van der Waals surface area (Å²) in [5.74, 6) is -0.335. The number of nitrogens with two attached hydrogens (primary N) is 1. The molecule has 2 aromatic carbocycles. The molecule has 0 saturated heterocycles. The number of carboxylic acid groups (broad SMARTS) is 1. The Kier molecular flexibility index (Phi) is 7.22. The topological polar surface area (TPSA) is 101 Å². The highest BCUT2D eigenvalue weighted by Gasteiger charge is 2.40. The van der Waals surface area contributed by atoms with Crippen LogP contribution in [0.4, 0.5) is 11.4 Å². The van der Waals surface area contributed by atoms with E-state index in [-0.39, 0.29) is 5.92 Å². The molecule has 0 fully saturated rings. The lowest BCUT2D eigenvalue weighted by Gasteiger charge is -2.34. The van der Waals surface area contributed by atoms with Crippen molar-refractivity contribution in [1.82, 2.24) is 9.88 Å². The third kappa shape index (κ3) is 4.88. The van der Waals surface area contributed by atoms with Crippen LogP contribution in [-0.4, -0.2) is 41.2 Å². The Morgan fingerprint density at radius 2 is 2.03 bits per heavy atom. The van der Waals surface area contributed by atoms with E-state index in [0.717, 1.165) is 53.3 Å². The minimum absolute atomic E-state index is 0.375. The van der Waals surface area contributed by atoms with Crippen LogP contribution >= 0.6 is 0 Å². The van der Waals surface area contributed by atoms with Gasteiger partial charge in [0.15, 0.2) is 0 Å². The maximum Gasteiger partial charge on any atom is 0.310 e. The molecule has 0 saturated carbocycles. The molecule has 36 heavy (non-hydrogen) atoms. The number of nitrogens with one attached hydrogen (secondary N) is 1. The van der Waals surface area contributed by atoms with Crippen molar-refractivity contribution in [3.8, 4) is 5.75 Å². The quantitative estimate of drug-likeness (QED) is 0.404. The second-order valence-electron chi connectivity index (χ2n) is 10.2. The molecule has 7 nitrogen and oxygen atoms in total. The lowest BCUT2D eigenvalue weighted by atomic mass is 9.69. The molecule has 0 aliphatic carbocycles. The van der Waals surface area contributed by atoms with Gasteiger partial charge in [-0.15, -0.1) is 0 Å². The number of anilines is 2. The van der Waals surface area contributed by atoms with Crippen molar-refractivity contribution in [3.05, 3.63) is 82.2 Å². The van der Waals surface area contributed by atoms with Crippen LogP contribution in [-0.2, 0) is 17.9 Å². The Balaban J connectivity index is 1.74. The number of benzene rings is 2. The summed E-state index contributed by atoms with van der Waals surface area (Å²) in [5, 5.41) is 13.3. The summed E-state index contributed by atoms with van der Waals surface area (Å²) < 4.78 is 5.92. The molecule has 7 heteroatoms. The van der Waals surface area contributed by atoms with E-state index < -0.39 is 11.4 Å². The first-order valence-corrected chi connectivity index (χ1v) is 12.3. The van der Waals surface area contributed by atoms with Crippen molar-refractivity contribution in [1.29, 1.82) is 0 Å². The summed E-state index contributed by atoms with van der Waals surface area (Å²) in [7, 11) is 1.83. The van der Waals surface area contributed by atoms with E-state index >= 15 is 0 Å². The number of ether oxygens (including phenoxy) is 1. The zero-order chi connectivity index (χ0) is 26.0. The van der Waals surface area contributed by atoms with E-state index in [1.54, 1.807) is 20.0 Å². The molecule has 0 amide bonds. The van der Waals surface area contributed by atoms with E-state index in [9.17, 15) is 9.90 Å². The summed E-state index contributed by atoms with van der Waals surface area (Å²) in [5.41, 5.74) is 13.1. The van der Waals surface area contributed by atoms with Crippen molar-refractivity contribution in [3.63, 3.8) is 0 Å². The van der Waals surface area contributed by atoms with Crippen LogP contribution in [0.5, 0.6) is 5.75 Å². The van der Waals surface area contributed by atoms with E-state index in [1.165, 1.54) is 11.1 Å². The number of carbonyl (C=O) groups is 1. The lowest BCUT2D eigenvalue weighted by Crippen LogP contribution is -2.33. The molecule has 0 spiro atoms. The van der Waals surface area contributed by atoms with Gasteiger partial charge in [0.05, 0.1) is 16.8 Å². The number of hydrogen-bond donors (Lipinski definition) is 3. The standard InChI is InChI=1S/C29H36N4O3/c1-18-6-7-20(14-21(18)16-33-12-13-36-25-10-11-32-15-22(25)17-33)26(29(3,4)28(34)35)23-8-9-24(31-5)27(30)19(23)2/h6-11,14-15,26,31H,12-13,16-17,30H2,1-5H3,(H,34,35)/t26-/m0/s1. The molecule has 4 N–H and O–H groups in total. The predicted molar refractivity (Wildman–Crippen MR) is 143 cm³/mol. The number of aryl methyl sites for hydroxylation is 1. The summed E-state index contributed by atoms with van der Waals surface area (Å²) >= 11 is 0. The lowest BCUT2D eigenvalue weighted by molar-refractivity contribution is -0.147. The normalized spacial score (nSPS) is 14.9. The largest absolute Gasteiger partial charge is 0.492 e. The average molecular weight is 489 g/mol. The van der Waals surface area contributed by atoms with E-state index in [1.807, 2.05) is 38.4 Å². The van der Waals surface area contributed by atoms with Gasteiger partial charge >= 0.3 is 5.97 Å². The number of nitrogens with zero attached hydrogens (tertiary/aromatic N) is 2. The second-order valence-corrected chi connectivity index (χ2v) is 10.2. The van der Waals surface area contributed by atoms with Gasteiger partial charge in [-0.25, -0.2) is 0 Å². The SMILES string of the molecule is CNc1ccc([C@H](c2ccc(C)c(CN3CCOc4ccncc4C3)c2)C(C)(C)C(=O)O)c(C)c1N. The molecule has 190 valence electrons. The van der Waals surface area contributed by atoms with Crippen LogP contribution in [0.15, 0.2) is 48.8 Å². The van der Waals surface area contributed by atoms with Gasteiger partial charge in [0.2, 0.25) is 0 Å². The molecule has 2 heterocycles. The molecule has 0 unspecified atom stereocenters. The Hall–Kier alpha value is -3.58. The molecule has 1 aromatic heterocycles. The first-order chi connectivity index (χ1) is 17.1. The second kappa shape index (κ2) is 10.2. The smallest absolute Gasteiger partial charge is 0.310 e. The highest BCUT2D eigenvalue weighted by molar-refractivity contribution is 5.78. The Morgan fingerprint density at radius 3 is 2.75 bits per heavy atom. The number of pyridine rings is 1. The van der Waals surface area contributed by atoms with E-state index in [2.05, 4.69) is 40.3 Å². The molecule has 3 aromatic rings. The first kappa shape index (κ1) is 25.5. The molecule has 4 rings (SSSR count). The zero-order valence-corrected chi connectivity index (χ0v) is 21.8. The first-order valence-electron chi connectivity index (χ1n) is 12.3. The highest BCUT2D eigenvalue weighted by atomic mass is 16.5. The summed E-state index contributed by atoms with van der Waals surface area (Å²) in [4.78, 5) is 19.1. The number of aromatic nitrogens is 1. The third-order valence-electron chi connectivity index (χ3n) is 7.43. The molecule has 0 radical (unpaired) electrons. The zero-order valence-electron chi connectivity index (χ0n) is 21.8. The maximum absolute atomic E-state index is 12.5. The molecule has 0 bridgehead atoms. The Labute approximate surface area is 213 Å². The fourth-order valence-corrected chi connectivity index (χ4v) is 5.08. The Morgan fingerprint density at radius 1 is 1.25 bits per heavy atom. The summed E-state index contributed by atoms with van der Waals surface area (Å²) in [6.45, 7) is 10.5. The van der Waals surface area contributed by atoms with Crippen molar-refractivity contribution in [2.45, 2.75) is 46.7 Å². The Bertz CT molecular complexity index is 1270. The molecular formula is C29H36N4O3. The fraction of sp³-hybridized carbons (Fsp3) is 0.379. The summed E-state index contributed by atoms with van der Waals surface area (Å²) in [6.07, 6.45) is 3.62. The van der Waals surface area contributed by atoms with Gasteiger partial charge in [0, 0.05) is 50.6 Å². The van der Waals surface area contributed by atoms with Gasteiger partial charge in [0.25, 0.3) is 0 Å². The van der Waals surface area contributed by atoms with Crippen molar-refractivity contribution in [2.75, 3.05) is 31.2 Å². The number of hydrogen-bond acceptors (Lipinski definition) is 6. The molecule has 1 aliphatic rings. The maximum atomic E-state index is 12.5. The summed E-state index contributed by atoms with van der Waals surface area (Å²) in [6, 6.07) is 12.2. The highest BCUT2D eigenvalue weighted by Crippen LogP contribution is 2.45. The molecular weight excluding hydrogens is 452 g/mol. The van der Waals surface area contributed by atoms with E-state index in [4.69, 9.17) is 10.5 Å². The number of nitrogen functional groups attached to an aromatic ring is 1. The van der Waals surface area contributed by atoms with Gasteiger partial charge in [0.1, 0.15) is 12.4 Å². The van der Waals surface area contributed by atoms with Gasteiger partial charge in [-0.1, -0.05) is 24.3 Å². The minimum atomic E-state index is -1.05. The fourth-order valence-electron chi connectivity index (χ4n) is 5.08. The van der Waals surface area contributed by atoms with E-state index in [0.29, 0.717) is 12.3 Å². The van der Waals surface area contributed by atoms with Gasteiger partial charge < -0.3 is 20.9 Å². The van der Waals surface area contributed by atoms with Crippen molar-refractivity contribution < 1.29 is 14.6 Å². The van der Waals surface area contributed by atoms with Crippen LogP contribution in [0.3, 0.4) is 0 Å². The average Bonchev–Trinajstić information content (AvgIpc) is 3.05. The van der Waals surface area contributed by atoms with Crippen LogP contribution in [0, 0.1) is 19.3 Å². The third-order valence-corrected chi connectivity index (χ3v) is 7.43. The van der Waals surface area contributed by atoms with Crippen LogP contribution in [0.25, 0.3) is 0 Å². The predicted octanol–water partition coefficient (Wildman–Crippen LogP) is 4.96. The van der Waals surface area contributed by atoms with Crippen molar-refractivity contribution >= 4 is 17.3 Å². The number of fused-ring (bicyclic) bond motifs is 1. The number of carboxylic acids is 1. The van der Waals surface area contributed by atoms with Crippen molar-refractivity contribution in [2.24, 2.45) is 5.41 Å². The van der Waals surface area contributed by atoms with Gasteiger partial charge in [-0.2, -0.15) is 0 Å².